The van der Waals surface area contributed by atoms with Gasteiger partial charge in [0.1, 0.15) is 5.75 Å². The predicted octanol–water partition coefficient (Wildman–Crippen LogP) is 6.31. The van der Waals surface area contributed by atoms with Gasteiger partial charge in [0.25, 0.3) is 0 Å². The maximum absolute atomic E-state index is 13.7. The van der Waals surface area contributed by atoms with E-state index in [9.17, 15) is 9.67 Å². The van der Waals surface area contributed by atoms with Crippen LogP contribution in [0.3, 0.4) is 0 Å². The molecule has 0 saturated heterocycles. The van der Waals surface area contributed by atoms with Crippen LogP contribution < -0.4 is 5.32 Å². The number of phenolic OH excluding ortho intramolecular Hbond substituents is 1. The van der Waals surface area contributed by atoms with E-state index in [4.69, 9.17) is 9.05 Å². The van der Waals surface area contributed by atoms with Crippen LogP contribution in [0.4, 0.5) is 5.69 Å². The zero-order valence-electron chi connectivity index (χ0n) is 15.3. The SMILES string of the molecule is CC(C)OP(=O)(OC(C)C)C(Nc1ccc(Br)cc1)c1ccc(O)cc1. The van der Waals surface area contributed by atoms with Crippen molar-refractivity contribution in [1.82, 2.24) is 0 Å². The summed E-state index contributed by atoms with van der Waals surface area (Å²) in [5.41, 5.74) is 1.49. The molecule has 2 aromatic carbocycles. The molecule has 1 atom stereocenters. The van der Waals surface area contributed by atoms with E-state index in [1.165, 1.54) is 0 Å². The van der Waals surface area contributed by atoms with Crippen molar-refractivity contribution in [3.05, 3.63) is 58.6 Å². The number of hydrogen-bond donors (Lipinski definition) is 2. The molecule has 0 radical (unpaired) electrons. The van der Waals surface area contributed by atoms with Crippen LogP contribution in [-0.2, 0) is 13.6 Å². The van der Waals surface area contributed by atoms with Crippen molar-refractivity contribution in [3.63, 3.8) is 0 Å². The molecule has 0 aromatic heterocycles. The third-order valence-corrected chi connectivity index (χ3v) is 6.41. The molecule has 0 aliphatic heterocycles. The van der Waals surface area contributed by atoms with Crippen LogP contribution in [0.15, 0.2) is 53.0 Å². The second-order valence-electron chi connectivity index (χ2n) is 6.49. The smallest absolute Gasteiger partial charge is 0.357 e. The monoisotopic (exact) mass is 441 g/mol. The van der Waals surface area contributed by atoms with Crippen molar-refractivity contribution in [3.8, 4) is 5.75 Å². The van der Waals surface area contributed by atoms with Gasteiger partial charge in [-0.1, -0.05) is 28.1 Å². The van der Waals surface area contributed by atoms with Gasteiger partial charge in [-0.2, -0.15) is 0 Å². The fourth-order valence-electron chi connectivity index (χ4n) is 2.44. The van der Waals surface area contributed by atoms with Crippen LogP contribution in [0.25, 0.3) is 0 Å². The molecule has 0 aliphatic rings. The summed E-state index contributed by atoms with van der Waals surface area (Å²) >= 11 is 3.41. The first-order valence-electron chi connectivity index (χ1n) is 8.47. The normalized spacial score (nSPS) is 13.2. The van der Waals surface area contributed by atoms with Crippen molar-refractivity contribution in [2.45, 2.75) is 45.7 Å². The van der Waals surface area contributed by atoms with E-state index in [1.54, 1.807) is 24.3 Å². The van der Waals surface area contributed by atoms with Crippen molar-refractivity contribution >= 4 is 29.2 Å². The van der Waals surface area contributed by atoms with Gasteiger partial charge in [0, 0.05) is 10.2 Å². The molecule has 142 valence electrons. The van der Waals surface area contributed by atoms with Gasteiger partial charge in [0.2, 0.25) is 0 Å². The van der Waals surface area contributed by atoms with Gasteiger partial charge in [-0.25, -0.2) is 0 Å². The molecule has 0 aliphatic carbocycles. The highest BCUT2D eigenvalue weighted by Gasteiger charge is 2.39. The van der Waals surface area contributed by atoms with Crippen molar-refractivity contribution < 1.29 is 18.7 Å². The van der Waals surface area contributed by atoms with Gasteiger partial charge in [0.05, 0.1) is 12.2 Å². The fourth-order valence-corrected chi connectivity index (χ4v) is 5.02. The summed E-state index contributed by atoms with van der Waals surface area (Å²) in [4.78, 5) is 0. The topological polar surface area (TPSA) is 67.8 Å². The van der Waals surface area contributed by atoms with Gasteiger partial charge < -0.3 is 19.5 Å². The number of phenols is 1. The summed E-state index contributed by atoms with van der Waals surface area (Å²) in [6.07, 6.45) is -0.545. The van der Waals surface area contributed by atoms with Gasteiger partial charge in [-0.3, -0.25) is 4.57 Å². The van der Waals surface area contributed by atoms with Crippen LogP contribution in [0, 0.1) is 0 Å². The molecule has 2 N–H and O–H groups in total. The molecule has 5 nitrogen and oxygen atoms in total. The molecule has 26 heavy (non-hydrogen) atoms. The van der Waals surface area contributed by atoms with Crippen molar-refractivity contribution in [2.24, 2.45) is 0 Å². The second-order valence-corrected chi connectivity index (χ2v) is 9.43. The Morgan fingerprint density at radius 1 is 0.923 bits per heavy atom. The number of benzene rings is 2. The van der Waals surface area contributed by atoms with Gasteiger partial charge >= 0.3 is 7.60 Å². The lowest BCUT2D eigenvalue weighted by Crippen LogP contribution is -2.19. The summed E-state index contributed by atoms with van der Waals surface area (Å²) < 4.78 is 26.2. The molecule has 0 heterocycles. The predicted molar refractivity (Wildman–Crippen MR) is 109 cm³/mol. The first-order valence-corrected chi connectivity index (χ1v) is 10.9. The van der Waals surface area contributed by atoms with Crippen molar-refractivity contribution in [2.75, 3.05) is 5.32 Å². The highest BCUT2D eigenvalue weighted by atomic mass is 79.9. The molecule has 2 rings (SSSR count). The quantitative estimate of drug-likeness (QED) is 0.469. The molecule has 0 amide bonds. The minimum absolute atomic E-state index is 0.139. The van der Waals surface area contributed by atoms with Crippen LogP contribution in [0.1, 0.15) is 39.0 Å². The number of rotatable bonds is 8. The van der Waals surface area contributed by atoms with E-state index in [0.717, 1.165) is 10.2 Å². The molecular weight excluding hydrogens is 417 g/mol. The highest BCUT2D eigenvalue weighted by molar-refractivity contribution is 9.10. The first kappa shape index (κ1) is 21.0. The minimum atomic E-state index is -3.56. The van der Waals surface area contributed by atoms with Crippen LogP contribution in [0.2, 0.25) is 0 Å². The summed E-state index contributed by atoms with van der Waals surface area (Å²) in [5, 5.41) is 12.9. The molecule has 2 aromatic rings. The van der Waals surface area contributed by atoms with Crippen LogP contribution in [-0.4, -0.2) is 17.3 Å². The Hall–Kier alpha value is -1.33. The minimum Gasteiger partial charge on any atom is -0.508 e. The van der Waals surface area contributed by atoms with Crippen LogP contribution >= 0.6 is 23.5 Å². The Balaban J connectivity index is 2.47. The lowest BCUT2D eigenvalue weighted by atomic mass is 10.2. The van der Waals surface area contributed by atoms with E-state index in [1.807, 2.05) is 52.0 Å². The molecule has 0 bridgehead atoms. The van der Waals surface area contributed by atoms with E-state index in [-0.39, 0.29) is 18.0 Å². The molecule has 7 heteroatoms. The van der Waals surface area contributed by atoms with Crippen molar-refractivity contribution in [1.29, 1.82) is 0 Å². The van der Waals surface area contributed by atoms with Crippen LogP contribution in [0.5, 0.6) is 5.75 Å². The number of hydrogen-bond acceptors (Lipinski definition) is 5. The summed E-state index contributed by atoms with van der Waals surface area (Å²) in [6, 6.07) is 14.1. The first-order chi connectivity index (χ1) is 12.2. The van der Waals surface area contributed by atoms with Gasteiger partial charge in [-0.15, -0.1) is 0 Å². The molecule has 0 fully saturated rings. The molecular formula is C19H25BrNO4P. The highest BCUT2D eigenvalue weighted by Crippen LogP contribution is 2.62. The fraction of sp³-hybridized carbons (Fsp3) is 0.368. The zero-order chi connectivity index (χ0) is 19.3. The lowest BCUT2D eigenvalue weighted by molar-refractivity contribution is 0.138. The summed E-state index contributed by atoms with van der Waals surface area (Å²) in [7, 11) is -3.56. The number of anilines is 1. The van der Waals surface area contributed by atoms with E-state index in [2.05, 4.69) is 21.2 Å². The Bertz CT molecular complexity index is 733. The van der Waals surface area contributed by atoms with Gasteiger partial charge in [-0.05, 0) is 69.7 Å². The van der Waals surface area contributed by atoms with E-state index < -0.39 is 13.4 Å². The Kier molecular flexibility index (Phi) is 7.30. The van der Waals surface area contributed by atoms with Gasteiger partial charge in [0.15, 0.2) is 5.78 Å². The van der Waals surface area contributed by atoms with E-state index >= 15 is 0 Å². The third-order valence-electron chi connectivity index (χ3n) is 3.39. The largest absolute Gasteiger partial charge is 0.508 e. The standard InChI is InChI=1S/C19H25BrNO4P/c1-13(2)24-26(23,25-14(3)4)19(15-5-11-18(22)12-6-15)21-17-9-7-16(20)8-10-17/h5-14,19,21-22H,1-4H3. The molecule has 0 spiro atoms. The Morgan fingerprint density at radius 3 is 1.88 bits per heavy atom. The summed E-state index contributed by atoms with van der Waals surface area (Å²) in [5.74, 6) is -0.574. The maximum atomic E-state index is 13.7. The maximum Gasteiger partial charge on any atom is 0.357 e. The second kappa shape index (κ2) is 9.05. The average molecular weight is 442 g/mol. The average Bonchev–Trinajstić information content (AvgIpc) is 2.53. The number of aromatic hydroxyl groups is 1. The summed E-state index contributed by atoms with van der Waals surface area (Å²) in [6.45, 7) is 7.29. The zero-order valence-corrected chi connectivity index (χ0v) is 17.8. The Morgan fingerprint density at radius 2 is 1.42 bits per heavy atom. The molecule has 1 unspecified atom stereocenters. The van der Waals surface area contributed by atoms with E-state index in [0.29, 0.717) is 5.56 Å². The number of nitrogens with one attached hydrogen (secondary N) is 1. The lowest BCUT2D eigenvalue weighted by Gasteiger charge is -2.31. The Labute approximate surface area is 163 Å². The number of halogens is 1. The third kappa shape index (κ3) is 5.85. The molecule has 0 saturated carbocycles.